The number of carbonyl (C=O) groups excluding carboxylic acids is 2. The Kier molecular flexibility index (Phi) is 5.62. The maximum Gasteiger partial charge on any atom is 0.254 e. The van der Waals surface area contributed by atoms with E-state index in [2.05, 4.69) is 0 Å². The van der Waals surface area contributed by atoms with E-state index in [0.29, 0.717) is 45.2 Å². The molecule has 31 heavy (non-hydrogen) atoms. The molecule has 0 saturated carbocycles. The topological polar surface area (TPSA) is 81.1 Å². The largest absolute Gasteiger partial charge is 0.379 e. The van der Waals surface area contributed by atoms with Gasteiger partial charge in [-0.25, -0.2) is 0 Å². The second kappa shape index (κ2) is 8.09. The fourth-order valence-corrected chi connectivity index (χ4v) is 4.95. The van der Waals surface area contributed by atoms with Crippen molar-refractivity contribution in [3.8, 4) is 0 Å². The first-order valence-electron chi connectivity index (χ1n) is 10.8. The zero-order valence-electron chi connectivity index (χ0n) is 18.2. The van der Waals surface area contributed by atoms with E-state index in [-0.39, 0.29) is 11.8 Å². The van der Waals surface area contributed by atoms with E-state index in [0.717, 1.165) is 22.3 Å². The average Bonchev–Trinajstić information content (AvgIpc) is 3.29. The number of hydrogen-bond donors (Lipinski definition) is 2. The van der Waals surface area contributed by atoms with Crippen molar-refractivity contribution >= 4 is 11.8 Å². The molecule has 2 N–H and O–H groups in total. The zero-order valence-corrected chi connectivity index (χ0v) is 18.2. The lowest BCUT2D eigenvalue weighted by atomic mass is 9.98. The van der Waals surface area contributed by atoms with Gasteiger partial charge in [0.1, 0.15) is 0 Å². The van der Waals surface area contributed by atoms with Crippen molar-refractivity contribution < 1.29 is 19.8 Å². The molecule has 2 aromatic carbocycles. The van der Waals surface area contributed by atoms with Gasteiger partial charge in [0.25, 0.3) is 11.8 Å². The van der Waals surface area contributed by atoms with Crippen molar-refractivity contribution in [2.24, 2.45) is 0 Å². The van der Waals surface area contributed by atoms with Gasteiger partial charge in [-0.2, -0.15) is 0 Å². The van der Waals surface area contributed by atoms with Gasteiger partial charge < -0.3 is 20.0 Å². The van der Waals surface area contributed by atoms with Crippen LogP contribution in [-0.4, -0.2) is 70.2 Å². The summed E-state index contributed by atoms with van der Waals surface area (Å²) in [5.41, 5.74) is 1.27. The summed E-state index contributed by atoms with van der Waals surface area (Å²) in [5.74, 6) is -0.579. The molecule has 2 amide bonds. The number of amides is 2. The molecule has 0 aliphatic heterocycles. The van der Waals surface area contributed by atoms with Gasteiger partial charge in [0.15, 0.2) is 11.2 Å². The summed E-state index contributed by atoms with van der Waals surface area (Å²) in [5, 5.41) is 21.8. The Morgan fingerprint density at radius 3 is 1.29 bits per heavy atom. The molecule has 0 bridgehead atoms. The molecule has 0 fully saturated rings. The predicted octanol–water partition coefficient (Wildman–Crippen LogP) is 1.35. The lowest BCUT2D eigenvalue weighted by Crippen LogP contribution is -2.50. The summed E-state index contributed by atoms with van der Waals surface area (Å²) >= 11 is 0. The molecule has 0 saturated heterocycles. The quantitative estimate of drug-likeness (QED) is 0.737. The van der Waals surface area contributed by atoms with E-state index in [1.54, 1.807) is 23.9 Å². The zero-order chi connectivity index (χ0) is 22.2. The van der Waals surface area contributed by atoms with Gasteiger partial charge >= 0.3 is 0 Å². The van der Waals surface area contributed by atoms with Crippen LogP contribution in [0.25, 0.3) is 0 Å². The van der Waals surface area contributed by atoms with Crippen LogP contribution >= 0.6 is 0 Å². The van der Waals surface area contributed by atoms with Crippen LogP contribution in [0.3, 0.4) is 0 Å². The Morgan fingerprint density at radius 1 is 0.710 bits per heavy atom. The Balaban J connectivity index is 1.28. The van der Waals surface area contributed by atoms with Crippen LogP contribution < -0.4 is 0 Å². The number of hydrogen-bond acceptors (Lipinski definition) is 4. The predicted molar refractivity (Wildman–Crippen MR) is 117 cm³/mol. The van der Waals surface area contributed by atoms with Crippen LogP contribution in [0.1, 0.15) is 28.7 Å². The number of carbonyl (C=O) groups is 2. The first kappa shape index (κ1) is 21.5. The molecule has 6 heteroatoms. The van der Waals surface area contributed by atoms with Crippen molar-refractivity contribution in [2.75, 3.05) is 27.2 Å². The van der Waals surface area contributed by atoms with Crippen LogP contribution in [0.2, 0.25) is 0 Å². The van der Waals surface area contributed by atoms with Crippen LogP contribution in [-0.2, 0) is 35.3 Å². The van der Waals surface area contributed by atoms with Crippen LogP contribution in [0, 0.1) is 0 Å². The lowest BCUT2D eigenvalue weighted by molar-refractivity contribution is -0.150. The molecule has 0 aromatic heterocycles. The molecule has 2 aliphatic rings. The van der Waals surface area contributed by atoms with E-state index in [4.69, 9.17) is 0 Å². The maximum absolute atomic E-state index is 12.9. The highest BCUT2D eigenvalue weighted by Crippen LogP contribution is 2.32. The molecule has 164 valence electrons. The molecule has 0 unspecified atom stereocenters. The number of nitrogens with zero attached hydrogens (tertiary/aromatic N) is 2. The van der Waals surface area contributed by atoms with Gasteiger partial charge in [-0.3, -0.25) is 9.59 Å². The number of rotatable bonds is 6. The highest BCUT2D eigenvalue weighted by atomic mass is 16.3. The maximum atomic E-state index is 12.9. The molecular formula is C25H30N2O4. The minimum Gasteiger partial charge on any atom is -0.379 e. The normalized spacial score (nSPS) is 17.7. The highest BCUT2D eigenvalue weighted by Gasteiger charge is 2.44. The van der Waals surface area contributed by atoms with Crippen molar-refractivity contribution in [3.05, 3.63) is 70.8 Å². The standard InChI is InChI=1S/C25H30N2O4/c1-26(22(28)24(30)14-18-8-3-4-9-19(18)15-24)12-7-13-27(2)23(29)25(31)16-20-10-5-6-11-21(20)17-25/h3-6,8-11,30-31H,7,12-17H2,1-2H3. The average molecular weight is 423 g/mol. The van der Waals surface area contributed by atoms with E-state index in [1.807, 2.05) is 48.5 Å². The summed E-state index contributed by atoms with van der Waals surface area (Å²) in [6.07, 6.45) is 1.89. The van der Waals surface area contributed by atoms with Gasteiger partial charge in [-0.05, 0) is 28.7 Å². The van der Waals surface area contributed by atoms with Crippen molar-refractivity contribution in [1.82, 2.24) is 9.80 Å². The first-order valence-corrected chi connectivity index (χ1v) is 10.8. The number of likely N-dealkylation sites (N-methyl/N-ethyl adjacent to an activating group) is 2. The summed E-state index contributed by atoms with van der Waals surface area (Å²) < 4.78 is 0. The summed E-state index contributed by atoms with van der Waals surface area (Å²) in [7, 11) is 3.37. The molecule has 0 heterocycles. The highest BCUT2D eigenvalue weighted by molar-refractivity contribution is 5.87. The van der Waals surface area contributed by atoms with Crippen LogP contribution in [0.4, 0.5) is 0 Å². The molecule has 0 radical (unpaired) electrons. The third kappa shape index (κ3) is 4.10. The van der Waals surface area contributed by atoms with Crippen molar-refractivity contribution in [2.45, 2.75) is 43.3 Å². The van der Waals surface area contributed by atoms with Gasteiger partial charge in [0.05, 0.1) is 0 Å². The molecular weight excluding hydrogens is 392 g/mol. The molecule has 0 spiro atoms. The Bertz CT molecular complexity index is 873. The van der Waals surface area contributed by atoms with Crippen molar-refractivity contribution in [1.29, 1.82) is 0 Å². The van der Waals surface area contributed by atoms with Crippen LogP contribution in [0.15, 0.2) is 48.5 Å². The monoisotopic (exact) mass is 422 g/mol. The molecule has 2 aliphatic carbocycles. The molecule has 0 atom stereocenters. The Hall–Kier alpha value is -2.70. The van der Waals surface area contributed by atoms with Gasteiger partial charge in [-0.15, -0.1) is 0 Å². The third-order valence-corrected chi connectivity index (χ3v) is 6.64. The smallest absolute Gasteiger partial charge is 0.254 e. The van der Waals surface area contributed by atoms with Crippen molar-refractivity contribution in [3.63, 3.8) is 0 Å². The Morgan fingerprint density at radius 2 is 1.00 bits per heavy atom. The second-order valence-electron chi connectivity index (χ2n) is 9.11. The molecule has 4 rings (SSSR count). The van der Waals surface area contributed by atoms with E-state index in [1.165, 1.54) is 0 Å². The second-order valence-corrected chi connectivity index (χ2v) is 9.11. The third-order valence-electron chi connectivity index (χ3n) is 6.64. The fraction of sp³-hybridized carbons (Fsp3) is 0.440. The van der Waals surface area contributed by atoms with Crippen LogP contribution in [0.5, 0.6) is 0 Å². The first-order chi connectivity index (χ1) is 14.7. The van der Waals surface area contributed by atoms with E-state index >= 15 is 0 Å². The lowest BCUT2D eigenvalue weighted by Gasteiger charge is -2.30. The molecule has 6 nitrogen and oxygen atoms in total. The Labute approximate surface area is 183 Å². The summed E-state index contributed by atoms with van der Waals surface area (Å²) in [4.78, 5) is 28.9. The fourth-order valence-electron chi connectivity index (χ4n) is 4.95. The number of aliphatic hydroxyl groups is 2. The van der Waals surface area contributed by atoms with E-state index in [9.17, 15) is 19.8 Å². The minimum atomic E-state index is -1.40. The molecule has 2 aromatic rings. The summed E-state index contributed by atoms with van der Waals surface area (Å²) in [6.45, 7) is 0.849. The van der Waals surface area contributed by atoms with Gasteiger partial charge in [-0.1, -0.05) is 48.5 Å². The SMILES string of the molecule is CN(CCCN(C)C(=O)C1(O)Cc2ccccc2C1)C(=O)C1(O)Cc2ccccc2C1. The number of benzene rings is 2. The minimum absolute atomic E-state index is 0.289. The van der Waals surface area contributed by atoms with Gasteiger partial charge in [0.2, 0.25) is 0 Å². The number of fused-ring (bicyclic) bond motifs is 2. The van der Waals surface area contributed by atoms with Gasteiger partial charge in [0, 0.05) is 52.9 Å². The van der Waals surface area contributed by atoms with E-state index < -0.39 is 11.2 Å². The summed E-state index contributed by atoms with van der Waals surface area (Å²) in [6, 6.07) is 15.5.